The van der Waals surface area contributed by atoms with Crippen molar-refractivity contribution in [3.63, 3.8) is 0 Å². The van der Waals surface area contributed by atoms with Crippen molar-refractivity contribution in [2.75, 3.05) is 6.61 Å². The van der Waals surface area contributed by atoms with E-state index in [9.17, 15) is 20.1 Å². The van der Waals surface area contributed by atoms with Crippen molar-refractivity contribution in [2.24, 2.45) is 46.3 Å². The van der Waals surface area contributed by atoms with Gasteiger partial charge in [-0.2, -0.15) is 0 Å². The normalized spacial score (nSPS) is 36.2. The molecule has 1 heterocycles. The number of aliphatic hydroxyl groups excluding tert-OH is 3. The van der Waals surface area contributed by atoms with Crippen LogP contribution >= 0.6 is 0 Å². The highest BCUT2D eigenvalue weighted by Crippen LogP contribution is 2.67. The molecule has 0 bridgehead atoms. The average Bonchev–Trinajstić information content (AvgIpc) is 3.59. The molecule has 3 N–H and O–H groups in total. The predicted octanol–water partition coefficient (Wildman–Crippen LogP) is 12.4. The summed E-state index contributed by atoms with van der Waals surface area (Å²) < 4.78 is 18.0. The van der Waals surface area contributed by atoms with Gasteiger partial charge in [0, 0.05) is 6.42 Å². The summed E-state index contributed by atoms with van der Waals surface area (Å²) in [5.41, 5.74) is 3.70. The van der Waals surface area contributed by atoms with Crippen molar-refractivity contribution in [2.45, 2.75) is 239 Å². The van der Waals surface area contributed by atoms with Gasteiger partial charge in [0.1, 0.15) is 31.0 Å². The lowest BCUT2D eigenvalue weighted by Crippen LogP contribution is -2.60. The number of hydrogen-bond acceptors (Lipinski definition) is 7. The molecule has 1 saturated heterocycles. The van der Waals surface area contributed by atoms with E-state index in [1.165, 1.54) is 95.5 Å². The summed E-state index contributed by atoms with van der Waals surface area (Å²) in [4.78, 5) is 12.6. The first-order chi connectivity index (χ1) is 28.8. The highest BCUT2D eigenvalue weighted by Gasteiger charge is 2.59. The van der Waals surface area contributed by atoms with Gasteiger partial charge in [-0.3, -0.25) is 4.79 Å². The Kier molecular flexibility index (Phi) is 19.8. The minimum absolute atomic E-state index is 0.147. The van der Waals surface area contributed by atoms with E-state index in [0.717, 1.165) is 81.5 Å². The van der Waals surface area contributed by atoms with Gasteiger partial charge < -0.3 is 29.5 Å². The number of rotatable bonds is 24. The molecular formula is C53H90O7. The van der Waals surface area contributed by atoms with Crippen LogP contribution in [-0.2, 0) is 19.0 Å². The molecule has 0 aromatic rings. The maximum Gasteiger partial charge on any atom is 0.305 e. The van der Waals surface area contributed by atoms with Gasteiger partial charge >= 0.3 is 5.97 Å². The minimum atomic E-state index is -1.45. The fraction of sp³-hybridized carbons (Fsp3) is 0.868. The molecule has 1 aliphatic heterocycles. The molecule has 0 aromatic heterocycles. The number of fused-ring (bicyclic) bond motifs is 5. The maximum absolute atomic E-state index is 12.6. The van der Waals surface area contributed by atoms with E-state index in [0.29, 0.717) is 23.7 Å². The average molecular weight is 839 g/mol. The van der Waals surface area contributed by atoms with Crippen LogP contribution in [0.2, 0.25) is 0 Å². The third-order valence-corrected chi connectivity index (χ3v) is 16.9. The Morgan fingerprint density at radius 3 is 2.20 bits per heavy atom. The molecule has 4 aliphatic carbocycles. The molecule has 0 radical (unpaired) electrons. The van der Waals surface area contributed by atoms with E-state index in [-0.39, 0.29) is 24.1 Å². The SMILES string of the molecule is C/C=C(\CCC(C)C1CCC2C3CC=C4CC(OC5OC(COC(=O)CCCCCCC/C=C/CCCCCCCC)C(O)C(O)C5O)CCC4(C)C3CCC12C)C(C)C. The summed E-state index contributed by atoms with van der Waals surface area (Å²) >= 11 is 0. The van der Waals surface area contributed by atoms with E-state index in [4.69, 9.17) is 14.2 Å². The Labute approximate surface area is 367 Å². The lowest BCUT2D eigenvalue weighted by atomic mass is 9.47. The minimum Gasteiger partial charge on any atom is -0.463 e. The fourth-order valence-corrected chi connectivity index (χ4v) is 13.0. The number of aliphatic hydroxyl groups is 3. The van der Waals surface area contributed by atoms with Gasteiger partial charge in [0.15, 0.2) is 6.29 Å². The number of ether oxygens (including phenoxy) is 3. The van der Waals surface area contributed by atoms with Gasteiger partial charge in [-0.15, -0.1) is 0 Å². The molecule has 5 aliphatic rings. The zero-order valence-electron chi connectivity index (χ0n) is 39.4. The third kappa shape index (κ3) is 12.6. The van der Waals surface area contributed by atoms with Crippen LogP contribution < -0.4 is 0 Å². The molecule has 7 nitrogen and oxygen atoms in total. The maximum atomic E-state index is 12.6. The van der Waals surface area contributed by atoms with Gasteiger partial charge in [0.2, 0.25) is 0 Å². The van der Waals surface area contributed by atoms with E-state index >= 15 is 0 Å². The smallest absolute Gasteiger partial charge is 0.305 e. The van der Waals surface area contributed by atoms with Crippen LogP contribution in [0.25, 0.3) is 0 Å². The zero-order chi connectivity index (χ0) is 43.3. The lowest BCUT2D eigenvalue weighted by molar-refractivity contribution is -0.313. The third-order valence-electron chi connectivity index (χ3n) is 16.9. The van der Waals surface area contributed by atoms with Crippen LogP contribution in [0.3, 0.4) is 0 Å². The number of esters is 1. The van der Waals surface area contributed by atoms with Crippen LogP contribution in [0, 0.1) is 46.3 Å². The van der Waals surface area contributed by atoms with Gasteiger partial charge in [0.25, 0.3) is 0 Å². The van der Waals surface area contributed by atoms with Crippen molar-refractivity contribution in [1.29, 1.82) is 0 Å². The topological polar surface area (TPSA) is 105 Å². The molecule has 13 atom stereocenters. The molecule has 0 spiro atoms. The summed E-state index contributed by atoms with van der Waals surface area (Å²) in [7, 11) is 0. The molecule has 5 rings (SSSR count). The van der Waals surface area contributed by atoms with Crippen molar-refractivity contribution < 1.29 is 34.3 Å². The van der Waals surface area contributed by atoms with Crippen molar-refractivity contribution in [3.8, 4) is 0 Å². The van der Waals surface area contributed by atoms with Gasteiger partial charge in [-0.1, -0.05) is 128 Å². The number of unbranched alkanes of at least 4 members (excludes halogenated alkanes) is 11. The molecule has 3 saturated carbocycles. The lowest BCUT2D eigenvalue weighted by Gasteiger charge is -2.58. The highest BCUT2D eigenvalue weighted by molar-refractivity contribution is 5.69. The van der Waals surface area contributed by atoms with Crippen molar-refractivity contribution in [1.82, 2.24) is 0 Å². The van der Waals surface area contributed by atoms with E-state index in [1.54, 1.807) is 5.57 Å². The summed E-state index contributed by atoms with van der Waals surface area (Å²) in [6.45, 7) is 16.7. The second-order valence-electron chi connectivity index (χ2n) is 21.1. The number of allylic oxidation sites excluding steroid dienone is 5. The molecule has 4 fully saturated rings. The first-order valence-corrected chi connectivity index (χ1v) is 25.3. The van der Waals surface area contributed by atoms with Crippen molar-refractivity contribution >= 4 is 5.97 Å². The number of carbonyl (C=O) groups is 1. The Morgan fingerprint density at radius 1 is 0.833 bits per heavy atom. The molecule has 0 amide bonds. The number of carbonyl (C=O) groups excluding carboxylic acids is 1. The molecule has 0 aromatic carbocycles. The second kappa shape index (κ2) is 24.0. The Hall–Kier alpha value is -1.51. The van der Waals surface area contributed by atoms with Crippen LogP contribution in [0.4, 0.5) is 0 Å². The zero-order valence-corrected chi connectivity index (χ0v) is 39.4. The largest absolute Gasteiger partial charge is 0.463 e. The fourth-order valence-electron chi connectivity index (χ4n) is 13.0. The van der Waals surface area contributed by atoms with Crippen molar-refractivity contribution in [3.05, 3.63) is 35.5 Å². The second-order valence-corrected chi connectivity index (χ2v) is 21.1. The summed E-state index contributed by atoms with van der Waals surface area (Å²) in [6.07, 6.45) is 30.8. The first kappa shape index (κ1) is 49.5. The highest BCUT2D eigenvalue weighted by atomic mass is 16.7. The molecule has 7 heteroatoms. The van der Waals surface area contributed by atoms with Gasteiger partial charge in [-0.25, -0.2) is 0 Å². The monoisotopic (exact) mass is 839 g/mol. The molecule has 60 heavy (non-hydrogen) atoms. The Morgan fingerprint density at radius 2 is 1.52 bits per heavy atom. The van der Waals surface area contributed by atoms with Gasteiger partial charge in [-0.05, 0) is 150 Å². The van der Waals surface area contributed by atoms with Crippen LogP contribution in [-0.4, -0.2) is 64.7 Å². The summed E-state index contributed by atoms with van der Waals surface area (Å²) in [6, 6.07) is 0. The Balaban J connectivity index is 1.02. The standard InChI is InChI=1S/C53H90O7/c1-8-10-11-12-13-14-15-16-17-18-19-20-21-22-23-24-47(54)58-36-46-48(55)49(56)50(57)51(60-46)59-41-31-33-52(6)40(35-41)27-28-42-44-30-29-43(53(44,7)34-32-45(42)52)38(5)25-26-39(9-2)37(3)4/h9,16-17,27,37-38,41-46,48-51,55-57H,8,10-15,18-26,28-36H2,1-7H3/b17-16+,39-9+. The van der Waals surface area contributed by atoms with Crippen LogP contribution in [0.15, 0.2) is 35.5 Å². The summed E-state index contributed by atoms with van der Waals surface area (Å²) in [5.74, 6) is 4.12. The number of hydrogen-bond donors (Lipinski definition) is 3. The molecule has 344 valence electrons. The molecular weight excluding hydrogens is 749 g/mol. The van der Waals surface area contributed by atoms with E-state index in [1.807, 2.05) is 0 Å². The van der Waals surface area contributed by atoms with Gasteiger partial charge in [0.05, 0.1) is 6.10 Å². The first-order valence-electron chi connectivity index (χ1n) is 25.3. The summed E-state index contributed by atoms with van der Waals surface area (Å²) in [5, 5.41) is 32.5. The predicted molar refractivity (Wildman–Crippen MR) is 244 cm³/mol. The Bertz CT molecular complexity index is 1390. The van der Waals surface area contributed by atoms with E-state index < -0.39 is 30.7 Å². The van der Waals surface area contributed by atoms with Crippen LogP contribution in [0.5, 0.6) is 0 Å². The molecule has 13 unspecified atom stereocenters. The quantitative estimate of drug-likeness (QED) is 0.0505. The van der Waals surface area contributed by atoms with Crippen LogP contribution in [0.1, 0.15) is 203 Å². The van der Waals surface area contributed by atoms with E-state index in [2.05, 4.69) is 72.8 Å².